The topological polar surface area (TPSA) is 95.5 Å². The SMILES string of the molecule is Cc1cc(C(=O)NCCC(C)(C)C(=O)O)ccc1NC(=O)CC(C)C. The van der Waals surface area contributed by atoms with E-state index in [0.717, 1.165) is 5.56 Å². The van der Waals surface area contributed by atoms with Crippen LogP contribution in [0.1, 0.15) is 56.5 Å². The van der Waals surface area contributed by atoms with E-state index in [1.807, 2.05) is 20.8 Å². The van der Waals surface area contributed by atoms with Crippen molar-refractivity contribution in [3.63, 3.8) is 0 Å². The van der Waals surface area contributed by atoms with E-state index in [-0.39, 0.29) is 24.3 Å². The number of carbonyl (C=O) groups excluding carboxylic acids is 2. The van der Waals surface area contributed by atoms with Gasteiger partial charge in [0.2, 0.25) is 5.91 Å². The summed E-state index contributed by atoms with van der Waals surface area (Å²) < 4.78 is 0. The molecule has 0 saturated carbocycles. The number of carboxylic acids is 1. The molecule has 0 bridgehead atoms. The van der Waals surface area contributed by atoms with Crippen LogP contribution in [-0.4, -0.2) is 29.4 Å². The van der Waals surface area contributed by atoms with Crippen molar-refractivity contribution >= 4 is 23.5 Å². The highest BCUT2D eigenvalue weighted by molar-refractivity contribution is 5.96. The van der Waals surface area contributed by atoms with Crippen molar-refractivity contribution in [2.75, 3.05) is 11.9 Å². The molecule has 25 heavy (non-hydrogen) atoms. The first-order valence-electron chi connectivity index (χ1n) is 8.45. The minimum absolute atomic E-state index is 0.0498. The third-order valence-corrected chi connectivity index (χ3v) is 3.97. The number of hydrogen-bond acceptors (Lipinski definition) is 3. The quantitative estimate of drug-likeness (QED) is 0.672. The number of aliphatic carboxylic acids is 1. The Morgan fingerprint density at radius 2 is 1.84 bits per heavy atom. The predicted octanol–water partition coefficient (Wildman–Crippen LogP) is 3.21. The Balaban J connectivity index is 2.65. The van der Waals surface area contributed by atoms with Gasteiger partial charge in [-0.1, -0.05) is 13.8 Å². The van der Waals surface area contributed by atoms with E-state index < -0.39 is 11.4 Å². The molecule has 0 saturated heterocycles. The van der Waals surface area contributed by atoms with Gasteiger partial charge in [-0.05, 0) is 56.9 Å². The minimum Gasteiger partial charge on any atom is -0.481 e. The van der Waals surface area contributed by atoms with E-state index in [4.69, 9.17) is 5.11 Å². The van der Waals surface area contributed by atoms with Crippen LogP contribution in [0.15, 0.2) is 18.2 Å². The van der Waals surface area contributed by atoms with Crippen molar-refractivity contribution in [3.05, 3.63) is 29.3 Å². The lowest BCUT2D eigenvalue weighted by atomic mass is 9.89. The highest BCUT2D eigenvalue weighted by atomic mass is 16.4. The molecular formula is C19H28N2O4. The third-order valence-electron chi connectivity index (χ3n) is 3.97. The molecule has 1 aromatic rings. The van der Waals surface area contributed by atoms with Crippen LogP contribution in [0.4, 0.5) is 5.69 Å². The van der Waals surface area contributed by atoms with Gasteiger partial charge in [0.1, 0.15) is 0 Å². The molecule has 0 spiro atoms. The fourth-order valence-electron chi connectivity index (χ4n) is 2.21. The molecule has 6 nitrogen and oxygen atoms in total. The Labute approximate surface area is 149 Å². The van der Waals surface area contributed by atoms with Gasteiger partial charge in [-0.25, -0.2) is 0 Å². The molecule has 0 atom stereocenters. The van der Waals surface area contributed by atoms with Crippen molar-refractivity contribution < 1.29 is 19.5 Å². The molecule has 0 fully saturated rings. The summed E-state index contributed by atoms with van der Waals surface area (Å²) in [5, 5.41) is 14.7. The number of benzene rings is 1. The molecular weight excluding hydrogens is 320 g/mol. The van der Waals surface area contributed by atoms with Crippen LogP contribution in [0.2, 0.25) is 0 Å². The van der Waals surface area contributed by atoms with Gasteiger partial charge < -0.3 is 15.7 Å². The van der Waals surface area contributed by atoms with E-state index in [9.17, 15) is 14.4 Å². The first kappa shape index (κ1) is 20.7. The van der Waals surface area contributed by atoms with Gasteiger partial charge in [-0.2, -0.15) is 0 Å². The van der Waals surface area contributed by atoms with E-state index in [1.54, 1.807) is 32.0 Å². The van der Waals surface area contributed by atoms with Gasteiger partial charge in [0.15, 0.2) is 0 Å². The first-order valence-corrected chi connectivity index (χ1v) is 8.45. The molecule has 0 heterocycles. The largest absolute Gasteiger partial charge is 0.481 e. The summed E-state index contributed by atoms with van der Waals surface area (Å²) in [7, 11) is 0. The molecule has 6 heteroatoms. The van der Waals surface area contributed by atoms with Crippen molar-refractivity contribution in [2.24, 2.45) is 11.3 Å². The lowest BCUT2D eigenvalue weighted by Gasteiger charge is -2.19. The Morgan fingerprint density at radius 1 is 1.20 bits per heavy atom. The molecule has 2 amide bonds. The standard InChI is InChI=1S/C19H28N2O4/c1-12(2)10-16(22)21-15-7-6-14(11-13(15)3)17(23)20-9-8-19(4,5)18(24)25/h6-7,11-12H,8-10H2,1-5H3,(H,20,23)(H,21,22)(H,24,25). The molecule has 0 aliphatic carbocycles. The maximum atomic E-state index is 12.2. The molecule has 0 radical (unpaired) electrons. The fourth-order valence-corrected chi connectivity index (χ4v) is 2.21. The number of nitrogens with one attached hydrogen (secondary N) is 2. The van der Waals surface area contributed by atoms with Gasteiger partial charge in [0.25, 0.3) is 5.91 Å². The van der Waals surface area contributed by atoms with Gasteiger partial charge in [0, 0.05) is 24.2 Å². The number of carboxylic acid groups (broad SMARTS) is 1. The van der Waals surface area contributed by atoms with Crippen LogP contribution in [0, 0.1) is 18.3 Å². The van der Waals surface area contributed by atoms with Gasteiger partial charge >= 0.3 is 5.97 Å². The van der Waals surface area contributed by atoms with Crippen LogP contribution in [0.3, 0.4) is 0 Å². The minimum atomic E-state index is -0.890. The van der Waals surface area contributed by atoms with Crippen LogP contribution >= 0.6 is 0 Å². The number of amides is 2. The van der Waals surface area contributed by atoms with Crippen molar-refractivity contribution in [3.8, 4) is 0 Å². The summed E-state index contributed by atoms with van der Waals surface area (Å²) in [6.07, 6.45) is 0.789. The lowest BCUT2D eigenvalue weighted by molar-refractivity contribution is -0.147. The number of anilines is 1. The molecule has 0 aliphatic rings. The Kier molecular flexibility index (Phi) is 7.15. The summed E-state index contributed by atoms with van der Waals surface area (Å²) in [6, 6.07) is 5.07. The molecule has 3 N–H and O–H groups in total. The van der Waals surface area contributed by atoms with E-state index in [0.29, 0.717) is 24.1 Å². The molecule has 0 unspecified atom stereocenters. The Morgan fingerprint density at radius 3 is 2.36 bits per heavy atom. The third kappa shape index (κ3) is 6.57. The zero-order chi connectivity index (χ0) is 19.2. The molecule has 0 aromatic heterocycles. The molecule has 1 aromatic carbocycles. The molecule has 0 aliphatic heterocycles. The zero-order valence-electron chi connectivity index (χ0n) is 15.6. The number of rotatable bonds is 8. The second kappa shape index (κ2) is 8.65. The van der Waals surface area contributed by atoms with Crippen LogP contribution < -0.4 is 10.6 Å². The van der Waals surface area contributed by atoms with Crippen LogP contribution in [0.5, 0.6) is 0 Å². The highest BCUT2D eigenvalue weighted by Gasteiger charge is 2.26. The molecule has 1 rings (SSSR count). The summed E-state index contributed by atoms with van der Waals surface area (Å²) in [6.45, 7) is 9.32. The van der Waals surface area contributed by atoms with Crippen molar-refractivity contribution in [1.82, 2.24) is 5.32 Å². The Bertz CT molecular complexity index is 651. The van der Waals surface area contributed by atoms with E-state index >= 15 is 0 Å². The second-order valence-corrected chi connectivity index (χ2v) is 7.37. The van der Waals surface area contributed by atoms with Crippen LogP contribution in [0.25, 0.3) is 0 Å². The maximum absolute atomic E-state index is 12.2. The zero-order valence-corrected chi connectivity index (χ0v) is 15.6. The smallest absolute Gasteiger partial charge is 0.309 e. The second-order valence-electron chi connectivity index (χ2n) is 7.37. The van der Waals surface area contributed by atoms with Crippen LogP contribution in [-0.2, 0) is 9.59 Å². The molecule has 138 valence electrons. The number of hydrogen-bond donors (Lipinski definition) is 3. The monoisotopic (exact) mass is 348 g/mol. The number of aryl methyl sites for hydroxylation is 1. The van der Waals surface area contributed by atoms with E-state index in [1.165, 1.54) is 0 Å². The lowest BCUT2D eigenvalue weighted by Crippen LogP contribution is -2.32. The maximum Gasteiger partial charge on any atom is 0.309 e. The number of carbonyl (C=O) groups is 3. The summed E-state index contributed by atoms with van der Waals surface area (Å²) in [5.41, 5.74) is 1.09. The van der Waals surface area contributed by atoms with Crippen molar-refractivity contribution in [1.29, 1.82) is 0 Å². The summed E-state index contributed by atoms with van der Waals surface area (Å²) in [5.74, 6) is -0.921. The normalized spacial score (nSPS) is 11.3. The fraction of sp³-hybridized carbons (Fsp3) is 0.526. The Hall–Kier alpha value is -2.37. The average Bonchev–Trinajstić information content (AvgIpc) is 2.48. The van der Waals surface area contributed by atoms with Crippen molar-refractivity contribution in [2.45, 2.75) is 47.5 Å². The van der Waals surface area contributed by atoms with E-state index in [2.05, 4.69) is 10.6 Å². The highest BCUT2D eigenvalue weighted by Crippen LogP contribution is 2.20. The predicted molar refractivity (Wildman–Crippen MR) is 97.6 cm³/mol. The van der Waals surface area contributed by atoms with Gasteiger partial charge in [-0.15, -0.1) is 0 Å². The summed E-state index contributed by atoms with van der Waals surface area (Å²) >= 11 is 0. The first-order chi connectivity index (χ1) is 11.5. The summed E-state index contributed by atoms with van der Waals surface area (Å²) in [4.78, 5) is 35.1. The average molecular weight is 348 g/mol. The van der Waals surface area contributed by atoms with Gasteiger partial charge in [-0.3, -0.25) is 14.4 Å². The van der Waals surface area contributed by atoms with Gasteiger partial charge in [0.05, 0.1) is 5.41 Å².